The fourth-order valence-corrected chi connectivity index (χ4v) is 1.94. The number of carboxylic acids is 1. The van der Waals surface area contributed by atoms with E-state index in [9.17, 15) is 4.79 Å². The van der Waals surface area contributed by atoms with Gasteiger partial charge in [0, 0.05) is 17.1 Å². The molecule has 0 amide bonds. The summed E-state index contributed by atoms with van der Waals surface area (Å²) in [4.78, 5) is 11.0. The average Bonchev–Trinajstić information content (AvgIpc) is 2.69. The van der Waals surface area contributed by atoms with Gasteiger partial charge in [0.1, 0.15) is 11.8 Å². The molecule has 1 atom stereocenters. The zero-order chi connectivity index (χ0) is 13.3. The third kappa shape index (κ3) is 2.32. The van der Waals surface area contributed by atoms with E-state index in [4.69, 9.17) is 9.84 Å². The molecule has 0 saturated carbocycles. The minimum atomic E-state index is -0.838. The topological polar surface area (TPSA) is 51.5 Å². The van der Waals surface area contributed by atoms with Gasteiger partial charge in [-0.15, -0.1) is 0 Å². The molecule has 2 rings (SSSR count). The second-order valence-electron chi connectivity index (χ2n) is 4.62. The predicted octanol–water partition coefficient (Wildman–Crippen LogP) is 3.07. The maximum Gasteiger partial charge on any atom is 0.326 e. The van der Waals surface area contributed by atoms with Gasteiger partial charge in [0.25, 0.3) is 0 Å². The lowest BCUT2D eigenvalue weighted by Gasteiger charge is -2.12. The summed E-state index contributed by atoms with van der Waals surface area (Å²) in [6.45, 7) is 5.62. The second kappa shape index (κ2) is 4.72. The lowest BCUT2D eigenvalue weighted by atomic mass is 10.2. The van der Waals surface area contributed by atoms with Crippen molar-refractivity contribution in [1.29, 1.82) is 0 Å². The van der Waals surface area contributed by atoms with Crippen molar-refractivity contribution in [1.82, 2.24) is 4.57 Å². The number of aliphatic carboxylic acids is 1. The van der Waals surface area contributed by atoms with Gasteiger partial charge in [-0.05, 0) is 45.0 Å². The van der Waals surface area contributed by atoms with E-state index >= 15 is 0 Å². The summed E-state index contributed by atoms with van der Waals surface area (Å²) >= 11 is 0. The second-order valence-corrected chi connectivity index (χ2v) is 4.62. The molecule has 4 nitrogen and oxygen atoms in total. The van der Waals surface area contributed by atoms with Crippen molar-refractivity contribution in [3.8, 4) is 5.75 Å². The van der Waals surface area contributed by atoms with Gasteiger partial charge in [-0.25, -0.2) is 4.79 Å². The molecule has 0 aliphatic rings. The summed E-state index contributed by atoms with van der Waals surface area (Å²) < 4.78 is 7.36. The maximum absolute atomic E-state index is 11.0. The molecule has 0 bridgehead atoms. The highest BCUT2D eigenvalue weighted by Gasteiger charge is 2.15. The highest BCUT2D eigenvalue weighted by atomic mass is 16.5. The highest BCUT2D eigenvalue weighted by molar-refractivity contribution is 5.84. The van der Waals surface area contributed by atoms with Crippen LogP contribution in [0.5, 0.6) is 5.75 Å². The molecular weight excluding hydrogens is 230 g/mol. The minimum absolute atomic E-state index is 0.127. The van der Waals surface area contributed by atoms with Crippen LogP contribution in [0.3, 0.4) is 0 Å². The quantitative estimate of drug-likeness (QED) is 0.903. The Bertz CT molecular complexity index is 571. The van der Waals surface area contributed by atoms with Crippen LogP contribution in [0.15, 0.2) is 30.5 Å². The molecule has 0 aliphatic heterocycles. The Labute approximate surface area is 106 Å². The number of carboxylic acid groups (broad SMARTS) is 1. The molecule has 1 heterocycles. The molecule has 96 valence electrons. The van der Waals surface area contributed by atoms with Crippen molar-refractivity contribution in [2.45, 2.75) is 32.9 Å². The molecule has 4 heteroatoms. The van der Waals surface area contributed by atoms with Crippen LogP contribution in [0.1, 0.15) is 26.8 Å². The summed E-state index contributed by atoms with van der Waals surface area (Å²) in [5.41, 5.74) is 0.904. The Hall–Kier alpha value is -1.97. The molecule has 1 N–H and O–H groups in total. The van der Waals surface area contributed by atoms with Crippen LogP contribution in [-0.4, -0.2) is 21.7 Å². The third-order valence-electron chi connectivity index (χ3n) is 2.84. The molecule has 1 unspecified atom stereocenters. The Morgan fingerprint density at radius 1 is 1.28 bits per heavy atom. The highest BCUT2D eigenvalue weighted by Crippen LogP contribution is 2.25. The summed E-state index contributed by atoms with van der Waals surface area (Å²) in [6, 6.07) is 7.03. The lowest BCUT2D eigenvalue weighted by Crippen LogP contribution is -2.14. The van der Waals surface area contributed by atoms with Gasteiger partial charge in [0.15, 0.2) is 0 Å². The Balaban J connectivity index is 2.40. The molecule has 2 aromatic rings. The SMILES string of the molecule is CC(C)Oc1ccc2c(ccn2C(C)C(=O)O)c1. The minimum Gasteiger partial charge on any atom is -0.491 e. The van der Waals surface area contributed by atoms with Crippen LogP contribution >= 0.6 is 0 Å². The third-order valence-corrected chi connectivity index (χ3v) is 2.84. The fraction of sp³-hybridized carbons (Fsp3) is 0.357. The zero-order valence-electron chi connectivity index (χ0n) is 10.8. The number of benzene rings is 1. The monoisotopic (exact) mass is 247 g/mol. The molecule has 0 aliphatic carbocycles. The van der Waals surface area contributed by atoms with Crippen molar-refractivity contribution in [2.24, 2.45) is 0 Å². The van der Waals surface area contributed by atoms with Crippen LogP contribution < -0.4 is 4.74 Å². The molecule has 0 saturated heterocycles. The Morgan fingerprint density at radius 2 is 2.00 bits per heavy atom. The first-order valence-corrected chi connectivity index (χ1v) is 5.99. The first kappa shape index (κ1) is 12.5. The van der Waals surface area contributed by atoms with Gasteiger partial charge < -0.3 is 14.4 Å². The summed E-state index contributed by atoms with van der Waals surface area (Å²) in [7, 11) is 0. The Morgan fingerprint density at radius 3 is 2.61 bits per heavy atom. The summed E-state index contributed by atoms with van der Waals surface area (Å²) in [5, 5.41) is 10.0. The number of hydrogen-bond acceptors (Lipinski definition) is 2. The molecule has 1 aromatic heterocycles. The van der Waals surface area contributed by atoms with Crippen molar-refractivity contribution >= 4 is 16.9 Å². The van der Waals surface area contributed by atoms with E-state index in [0.717, 1.165) is 16.7 Å². The largest absolute Gasteiger partial charge is 0.491 e. The van der Waals surface area contributed by atoms with Crippen molar-refractivity contribution in [2.75, 3.05) is 0 Å². The van der Waals surface area contributed by atoms with Crippen molar-refractivity contribution < 1.29 is 14.6 Å². The van der Waals surface area contributed by atoms with Gasteiger partial charge in [-0.2, -0.15) is 0 Å². The van der Waals surface area contributed by atoms with E-state index in [-0.39, 0.29) is 6.10 Å². The number of nitrogens with zero attached hydrogens (tertiary/aromatic N) is 1. The van der Waals surface area contributed by atoms with E-state index in [2.05, 4.69) is 0 Å². The van der Waals surface area contributed by atoms with Crippen LogP contribution in [0.4, 0.5) is 0 Å². The van der Waals surface area contributed by atoms with Crippen molar-refractivity contribution in [3.05, 3.63) is 30.5 Å². The smallest absolute Gasteiger partial charge is 0.326 e. The van der Waals surface area contributed by atoms with Crippen LogP contribution in [-0.2, 0) is 4.79 Å². The maximum atomic E-state index is 11.0. The van der Waals surface area contributed by atoms with Gasteiger partial charge in [0.05, 0.1) is 6.10 Å². The van der Waals surface area contributed by atoms with Gasteiger partial charge in [0.2, 0.25) is 0 Å². The van der Waals surface area contributed by atoms with Crippen LogP contribution in [0.25, 0.3) is 10.9 Å². The summed E-state index contributed by atoms with van der Waals surface area (Å²) in [5.74, 6) is -0.0340. The van der Waals surface area contributed by atoms with E-state index in [0.29, 0.717) is 0 Å². The van der Waals surface area contributed by atoms with Gasteiger partial charge >= 0.3 is 5.97 Å². The first-order valence-electron chi connectivity index (χ1n) is 5.99. The molecule has 1 aromatic carbocycles. The predicted molar refractivity (Wildman–Crippen MR) is 70.0 cm³/mol. The van der Waals surface area contributed by atoms with Crippen molar-refractivity contribution in [3.63, 3.8) is 0 Å². The van der Waals surface area contributed by atoms with Crippen LogP contribution in [0, 0.1) is 0 Å². The zero-order valence-corrected chi connectivity index (χ0v) is 10.8. The Kier molecular flexibility index (Phi) is 3.28. The molecule has 0 radical (unpaired) electrons. The van der Waals surface area contributed by atoms with E-state index in [1.54, 1.807) is 17.7 Å². The lowest BCUT2D eigenvalue weighted by molar-refractivity contribution is -0.140. The molecular formula is C14H17NO3. The van der Waals surface area contributed by atoms with E-state index in [1.165, 1.54) is 0 Å². The number of fused-ring (bicyclic) bond motifs is 1. The normalized spacial score (nSPS) is 12.9. The fourth-order valence-electron chi connectivity index (χ4n) is 1.94. The van der Waals surface area contributed by atoms with Gasteiger partial charge in [-0.3, -0.25) is 0 Å². The van der Waals surface area contributed by atoms with E-state index in [1.807, 2.05) is 38.1 Å². The average molecular weight is 247 g/mol. The molecule has 18 heavy (non-hydrogen) atoms. The van der Waals surface area contributed by atoms with Gasteiger partial charge in [-0.1, -0.05) is 0 Å². The molecule has 0 fully saturated rings. The first-order chi connectivity index (χ1) is 8.49. The van der Waals surface area contributed by atoms with Crippen LogP contribution in [0.2, 0.25) is 0 Å². The summed E-state index contributed by atoms with van der Waals surface area (Å²) in [6.07, 6.45) is 1.92. The number of carbonyl (C=O) groups is 1. The number of aromatic nitrogens is 1. The number of rotatable bonds is 4. The standard InChI is InChI=1S/C14H17NO3/c1-9(2)18-12-4-5-13-11(8-12)6-7-15(13)10(3)14(16)17/h4-10H,1-3H3,(H,16,17). The molecule has 0 spiro atoms. The number of hydrogen-bond donors (Lipinski definition) is 1. The number of ether oxygens (including phenoxy) is 1. The van der Waals surface area contributed by atoms with E-state index < -0.39 is 12.0 Å².